The van der Waals surface area contributed by atoms with Gasteiger partial charge in [-0.2, -0.15) is 4.98 Å². The van der Waals surface area contributed by atoms with Crippen LogP contribution in [-0.2, 0) is 0 Å². The lowest BCUT2D eigenvalue weighted by Gasteiger charge is -2.27. The molecule has 1 spiro atoms. The van der Waals surface area contributed by atoms with Crippen molar-refractivity contribution in [1.82, 2.24) is 9.97 Å². The Labute approximate surface area is 107 Å². The fraction of sp³-hybridized carbons (Fsp3) is 0.714. The fourth-order valence-corrected chi connectivity index (χ4v) is 4.20. The van der Waals surface area contributed by atoms with Crippen LogP contribution in [0, 0.1) is 11.8 Å². The average molecular weight is 245 g/mol. The van der Waals surface area contributed by atoms with Crippen LogP contribution in [0.4, 0.5) is 5.95 Å². The lowest BCUT2D eigenvalue weighted by atomic mass is 9.92. The van der Waals surface area contributed by atoms with Crippen molar-refractivity contribution in [3.8, 4) is 5.88 Å². The van der Waals surface area contributed by atoms with Gasteiger partial charge in [0.05, 0.1) is 7.11 Å². The number of aromatic nitrogens is 2. The Kier molecular flexibility index (Phi) is 2.11. The van der Waals surface area contributed by atoms with Crippen LogP contribution in [0.15, 0.2) is 12.3 Å². The van der Waals surface area contributed by atoms with Gasteiger partial charge >= 0.3 is 0 Å². The van der Waals surface area contributed by atoms with Crippen LogP contribution in [0.5, 0.6) is 5.88 Å². The minimum Gasteiger partial charge on any atom is -0.481 e. The van der Waals surface area contributed by atoms with Crippen molar-refractivity contribution < 1.29 is 4.74 Å². The lowest BCUT2D eigenvalue weighted by molar-refractivity contribution is 0.393. The Morgan fingerprint density at radius 2 is 2.28 bits per heavy atom. The molecule has 1 aromatic rings. The number of hydrogen-bond acceptors (Lipinski definition) is 4. The maximum atomic E-state index is 5.22. The molecule has 2 heterocycles. The average Bonchev–Trinajstić information content (AvgIpc) is 2.96. The first-order valence-electron chi connectivity index (χ1n) is 6.98. The zero-order valence-corrected chi connectivity index (χ0v) is 10.8. The quantitative estimate of drug-likeness (QED) is 0.801. The number of rotatable bonds is 2. The number of ether oxygens (including phenoxy) is 1. The molecular formula is C14H19N3O. The largest absolute Gasteiger partial charge is 0.481 e. The fourth-order valence-electron chi connectivity index (χ4n) is 4.20. The molecule has 4 heteroatoms. The van der Waals surface area contributed by atoms with Crippen LogP contribution in [0.25, 0.3) is 0 Å². The lowest BCUT2D eigenvalue weighted by Crippen LogP contribution is -2.36. The smallest absolute Gasteiger partial charge is 0.229 e. The highest BCUT2D eigenvalue weighted by Gasteiger charge is 2.62. The predicted molar refractivity (Wildman–Crippen MR) is 68.7 cm³/mol. The van der Waals surface area contributed by atoms with Crippen molar-refractivity contribution in [2.24, 2.45) is 11.8 Å². The van der Waals surface area contributed by atoms with Gasteiger partial charge in [-0.05, 0) is 37.5 Å². The summed E-state index contributed by atoms with van der Waals surface area (Å²) in [7, 11) is 1.66. The molecular weight excluding hydrogens is 226 g/mol. The van der Waals surface area contributed by atoms with Gasteiger partial charge < -0.3 is 9.64 Å². The second-order valence-corrected chi connectivity index (χ2v) is 5.91. The third-order valence-electron chi connectivity index (χ3n) is 5.13. The molecule has 0 N–H and O–H groups in total. The second kappa shape index (κ2) is 3.59. The summed E-state index contributed by atoms with van der Waals surface area (Å²) in [6.45, 7) is 1.15. The van der Waals surface area contributed by atoms with Gasteiger partial charge in [0.2, 0.25) is 11.8 Å². The normalized spacial score (nSPS) is 31.7. The molecule has 0 unspecified atom stereocenters. The molecule has 2 atom stereocenters. The minimum atomic E-state index is 0.410. The standard InChI is InChI=1S/C14H19N3O/c1-18-12-5-8-15-13(16-12)17-9-10-3-2-4-11(10)14(17)6-7-14/h5,8,10-11H,2-4,6-7,9H2,1H3/t10-,11-/m0/s1. The number of methoxy groups -OCH3 is 1. The molecule has 18 heavy (non-hydrogen) atoms. The molecule has 0 radical (unpaired) electrons. The molecule has 0 aromatic carbocycles. The summed E-state index contributed by atoms with van der Waals surface area (Å²) in [5, 5.41) is 0. The molecule has 2 aliphatic carbocycles. The first-order chi connectivity index (χ1) is 8.83. The topological polar surface area (TPSA) is 38.2 Å². The number of anilines is 1. The third-order valence-corrected chi connectivity index (χ3v) is 5.13. The first kappa shape index (κ1) is 10.6. The van der Waals surface area contributed by atoms with E-state index in [1.54, 1.807) is 7.11 Å². The van der Waals surface area contributed by atoms with Gasteiger partial charge in [-0.25, -0.2) is 4.98 Å². The minimum absolute atomic E-state index is 0.410. The predicted octanol–water partition coefficient (Wildman–Crippen LogP) is 2.25. The van der Waals surface area contributed by atoms with E-state index in [0.29, 0.717) is 11.4 Å². The van der Waals surface area contributed by atoms with E-state index in [4.69, 9.17) is 4.74 Å². The Bertz CT molecular complexity index is 472. The van der Waals surface area contributed by atoms with Crippen molar-refractivity contribution in [3.63, 3.8) is 0 Å². The molecule has 2 saturated carbocycles. The first-order valence-corrected chi connectivity index (χ1v) is 6.98. The monoisotopic (exact) mass is 245 g/mol. The molecule has 96 valence electrons. The van der Waals surface area contributed by atoms with Crippen molar-refractivity contribution in [2.75, 3.05) is 18.6 Å². The van der Waals surface area contributed by atoms with Crippen LogP contribution >= 0.6 is 0 Å². The molecule has 4 rings (SSSR count). The highest BCUT2D eigenvalue weighted by molar-refractivity contribution is 5.44. The summed E-state index contributed by atoms with van der Waals surface area (Å²) in [6, 6.07) is 1.82. The molecule has 0 bridgehead atoms. The molecule has 3 aliphatic rings. The van der Waals surface area contributed by atoms with Gasteiger partial charge in [-0.15, -0.1) is 0 Å². The molecule has 1 aliphatic heterocycles. The van der Waals surface area contributed by atoms with Crippen LogP contribution in [0.1, 0.15) is 32.1 Å². The van der Waals surface area contributed by atoms with Crippen molar-refractivity contribution in [3.05, 3.63) is 12.3 Å². The van der Waals surface area contributed by atoms with Gasteiger partial charge in [-0.3, -0.25) is 0 Å². The van der Waals surface area contributed by atoms with E-state index in [2.05, 4.69) is 14.9 Å². The van der Waals surface area contributed by atoms with Crippen molar-refractivity contribution in [1.29, 1.82) is 0 Å². The zero-order chi connectivity index (χ0) is 12.2. The second-order valence-electron chi connectivity index (χ2n) is 5.91. The summed E-state index contributed by atoms with van der Waals surface area (Å²) in [5.41, 5.74) is 0.410. The number of fused-ring (bicyclic) bond motifs is 2. The molecule has 1 saturated heterocycles. The van der Waals surface area contributed by atoms with E-state index >= 15 is 0 Å². The Balaban J connectivity index is 1.69. The molecule has 4 nitrogen and oxygen atoms in total. The van der Waals surface area contributed by atoms with E-state index in [1.165, 1.54) is 32.1 Å². The van der Waals surface area contributed by atoms with E-state index in [0.717, 1.165) is 24.3 Å². The maximum absolute atomic E-state index is 5.22. The zero-order valence-electron chi connectivity index (χ0n) is 10.8. The highest BCUT2D eigenvalue weighted by atomic mass is 16.5. The van der Waals surface area contributed by atoms with E-state index < -0.39 is 0 Å². The number of hydrogen-bond donors (Lipinski definition) is 0. The van der Waals surface area contributed by atoms with Gasteiger partial charge in [0.15, 0.2) is 0 Å². The van der Waals surface area contributed by atoms with Crippen LogP contribution in [0.2, 0.25) is 0 Å². The van der Waals surface area contributed by atoms with Gasteiger partial charge in [0, 0.05) is 24.3 Å². The Hall–Kier alpha value is -1.32. The van der Waals surface area contributed by atoms with E-state index in [1.807, 2.05) is 12.3 Å². The summed E-state index contributed by atoms with van der Waals surface area (Å²) in [6.07, 6.45) is 8.69. The summed E-state index contributed by atoms with van der Waals surface area (Å²) < 4.78 is 5.22. The van der Waals surface area contributed by atoms with Crippen molar-refractivity contribution >= 4 is 5.95 Å². The van der Waals surface area contributed by atoms with Crippen molar-refractivity contribution in [2.45, 2.75) is 37.6 Å². The Morgan fingerprint density at radius 1 is 1.39 bits per heavy atom. The summed E-state index contributed by atoms with van der Waals surface area (Å²) in [5.74, 6) is 3.32. The van der Waals surface area contributed by atoms with Gasteiger partial charge in [-0.1, -0.05) is 6.42 Å². The van der Waals surface area contributed by atoms with E-state index in [9.17, 15) is 0 Å². The van der Waals surface area contributed by atoms with Crippen LogP contribution < -0.4 is 9.64 Å². The number of nitrogens with zero attached hydrogens (tertiary/aromatic N) is 3. The third kappa shape index (κ3) is 1.32. The van der Waals surface area contributed by atoms with Crippen LogP contribution in [0.3, 0.4) is 0 Å². The highest BCUT2D eigenvalue weighted by Crippen LogP contribution is 2.60. The molecule has 0 amide bonds. The summed E-state index contributed by atoms with van der Waals surface area (Å²) >= 11 is 0. The SMILES string of the molecule is COc1ccnc(N2C[C@@H]3CCC[C@@H]3C23CC3)n1. The van der Waals surface area contributed by atoms with Gasteiger partial charge in [0.1, 0.15) is 0 Å². The maximum Gasteiger partial charge on any atom is 0.229 e. The molecule has 3 fully saturated rings. The molecule has 1 aromatic heterocycles. The van der Waals surface area contributed by atoms with E-state index in [-0.39, 0.29) is 0 Å². The summed E-state index contributed by atoms with van der Waals surface area (Å²) in [4.78, 5) is 11.5. The van der Waals surface area contributed by atoms with Gasteiger partial charge in [0.25, 0.3) is 0 Å². The Morgan fingerprint density at radius 3 is 3.06 bits per heavy atom. The van der Waals surface area contributed by atoms with Crippen LogP contribution in [-0.4, -0.2) is 29.2 Å².